The maximum atomic E-state index is 12.9. The van der Waals surface area contributed by atoms with E-state index in [1.54, 1.807) is 0 Å². The lowest BCUT2D eigenvalue weighted by Crippen LogP contribution is -2.30. The molecule has 6 nitrogen and oxygen atoms in total. The van der Waals surface area contributed by atoms with Crippen LogP contribution in [0.5, 0.6) is 0 Å². The molecule has 74 heavy (non-hydrogen) atoms. The van der Waals surface area contributed by atoms with E-state index in [1.807, 2.05) is 0 Å². The average molecular weight is 1030 g/mol. The van der Waals surface area contributed by atoms with E-state index < -0.39 is 6.10 Å². The zero-order valence-corrected chi connectivity index (χ0v) is 48.3. The molecular formula is C68H114O6. The lowest BCUT2D eigenvalue weighted by molar-refractivity contribution is -0.167. The van der Waals surface area contributed by atoms with Crippen LogP contribution in [0.2, 0.25) is 0 Å². The molecular weight excluding hydrogens is 913 g/mol. The number of hydrogen-bond donors (Lipinski definition) is 0. The summed E-state index contributed by atoms with van der Waals surface area (Å²) < 4.78 is 16.9. The monoisotopic (exact) mass is 1030 g/mol. The molecule has 0 bridgehead atoms. The highest BCUT2D eigenvalue weighted by Crippen LogP contribution is 2.14. The van der Waals surface area contributed by atoms with Crippen molar-refractivity contribution in [1.29, 1.82) is 0 Å². The number of unbranched alkanes of at least 4 members (excludes halogenated alkanes) is 26. The number of allylic oxidation sites excluding steroid dienone is 18. The summed E-state index contributed by atoms with van der Waals surface area (Å²) in [5, 5.41) is 0. The van der Waals surface area contributed by atoms with Crippen LogP contribution < -0.4 is 0 Å². The van der Waals surface area contributed by atoms with Crippen molar-refractivity contribution in [3.8, 4) is 0 Å². The quantitative estimate of drug-likeness (QED) is 0.0261. The second-order valence-corrected chi connectivity index (χ2v) is 20.2. The Balaban J connectivity index is 4.47. The number of carbonyl (C=O) groups excluding carboxylic acids is 3. The second kappa shape index (κ2) is 61.6. The molecule has 0 fully saturated rings. The van der Waals surface area contributed by atoms with Gasteiger partial charge in [0.25, 0.3) is 0 Å². The van der Waals surface area contributed by atoms with E-state index in [4.69, 9.17) is 14.2 Å². The SMILES string of the molecule is CC/C=C\C/C=C\C/C=C\C/C=C\CCCCCCCCC(=O)OC(COC(=O)CCCCCCC/C=C\C/C=C\CCCCCC)COC(=O)CCCCCCCC/C=C\C/C=C\C/C=C\CCCCCCC. The Kier molecular flexibility index (Phi) is 58.3. The summed E-state index contributed by atoms with van der Waals surface area (Å²) in [7, 11) is 0. The van der Waals surface area contributed by atoms with E-state index in [1.165, 1.54) is 103 Å². The summed E-state index contributed by atoms with van der Waals surface area (Å²) in [5.41, 5.74) is 0. The number of esters is 3. The van der Waals surface area contributed by atoms with Crippen LogP contribution in [0, 0.1) is 0 Å². The van der Waals surface area contributed by atoms with Gasteiger partial charge < -0.3 is 14.2 Å². The van der Waals surface area contributed by atoms with Gasteiger partial charge in [-0.05, 0) is 128 Å². The van der Waals surface area contributed by atoms with Gasteiger partial charge in [0, 0.05) is 19.3 Å². The van der Waals surface area contributed by atoms with E-state index in [0.29, 0.717) is 19.3 Å². The maximum absolute atomic E-state index is 12.9. The number of hydrogen-bond acceptors (Lipinski definition) is 6. The second-order valence-electron chi connectivity index (χ2n) is 20.2. The minimum absolute atomic E-state index is 0.0967. The van der Waals surface area contributed by atoms with Crippen LogP contribution in [0.4, 0.5) is 0 Å². The fourth-order valence-corrected chi connectivity index (χ4v) is 8.35. The first-order chi connectivity index (χ1) is 36.5. The molecule has 0 heterocycles. The topological polar surface area (TPSA) is 78.9 Å². The standard InChI is InChI=1S/C68H114O6/c1-4-7-10-13-16-19-22-25-28-31-33-34-36-37-40-43-46-49-52-55-58-61-67(70)73-64-65(63-72-66(69)60-57-54-51-48-45-42-39-30-27-24-21-18-15-12-9-6-3)74-68(71)62-59-56-53-50-47-44-41-38-35-32-29-26-23-20-17-14-11-8-5-2/h8,11,17,20-22,24-26,29-31,33,35-39,65H,4-7,9-10,12-16,18-19,23,27-28,32,34,40-64H2,1-3H3/b11-8-,20-17-,24-21-,25-22-,29-26-,33-31-,37-36-,38-35-,39-30-. The van der Waals surface area contributed by atoms with E-state index in [2.05, 4.69) is 130 Å². The van der Waals surface area contributed by atoms with Gasteiger partial charge in [0.2, 0.25) is 0 Å². The van der Waals surface area contributed by atoms with E-state index in [-0.39, 0.29) is 31.1 Å². The highest BCUT2D eigenvalue weighted by Gasteiger charge is 2.19. The Morgan fingerprint density at radius 3 is 0.838 bits per heavy atom. The number of carbonyl (C=O) groups is 3. The zero-order valence-electron chi connectivity index (χ0n) is 48.3. The lowest BCUT2D eigenvalue weighted by Gasteiger charge is -2.18. The Morgan fingerprint density at radius 1 is 0.284 bits per heavy atom. The van der Waals surface area contributed by atoms with Gasteiger partial charge in [0.1, 0.15) is 13.2 Å². The van der Waals surface area contributed by atoms with Crippen molar-refractivity contribution in [3.63, 3.8) is 0 Å². The number of ether oxygens (including phenoxy) is 3. The molecule has 0 aromatic heterocycles. The molecule has 0 N–H and O–H groups in total. The van der Waals surface area contributed by atoms with Crippen molar-refractivity contribution in [3.05, 3.63) is 109 Å². The summed E-state index contributed by atoms with van der Waals surface area (Å²) in [5.74, 6) is -0.931. The molecule has 0 aliphatic rings. The van der Waals surface area contributed by atoms with Gasteiger partial charge in [-0.25, -0.2) is 0 Å². The molecule has 0 aromatic rings. The lowest BCUT2D eigenvalue weighted by atomic mass is 10.1. The highest BCUT2D eigenvalue weighted by atomic mass is 16.6. The van der Waals surface area contributed by atoms with Crippen LogP contribution in [0.25, 0.3) is 0 Å². The maximum Gasteiger partial charge on any atom is 0.306 e. The zero-order chi connectivity index (χ0) is 53.6. The van der Waals surface area contributed by atoms with E-state index in [0.717, 1.165) is 141 Å². The molecule has 0 spiro atoms. The largest absolute Gasteiger partial charge is 0.462 e. The van der Waals surface area contributed by atoms with Crippen LogP contribution >= 0.6 is 0 Å². The Morgan fingerprint density at radius 2 is 0.527 bits per heavy atom. The summed E-state index contributed by atoms with van der Waals surface area (Å²) in [6.45, 7) is 6.48. The Labute approximate surface area is 457 Å². The minimum Gasteiger partial charge on any atom is -0.462 e. The highest BCUT2D eigenvalue weighted by molar-refractivity contribution is 5.71. The molecule has 0 saturated heterocycles. The van der Waals surface area contributed by atoms with Gasteiger partial charge in [-0.1, -0.05) is 246 Å². The van der Waals surface area contributed by atoms with E-state index in [9.17, 15) is 14.4 Å². The molecule has 422 valence electrons. The van der Waals surface area contributed by atoms with Crippen LogP contribution in [0.1, 0.15) is 284 Å². The van der Waals surface area contributed by atoms with Gasteiger partial charge in [-0.15, -0.1) is 0 Å². The Bertz CT molecular complexity index is 1510. The third-order valence-electron chi connectivity index (χ3n) is 13.0. The first-order valence-electron chi connectivity index (χ1n) is 30.9. The average Bonchev–Trinajstić information content (AvgIpc) is 3.40. The summed E-state index contributed by atoms with van der Waals surface area (Å²) in [6.07, 6.45) is 83.6. The predicted molar refractivity (Wildman–Crippen MR) is 320 cm³/mol. The molecule has 0 amide bonds. The van der Waals surface area contributed by atoms with Gasteiger partial charge >= 0.3 is 17.9 Å². The fraction of sp³-hybridized carbons (Fsp3) is 0.691. The third kappa shape index (κ3) is 59.0. The van der Waals surface area contributed by atoms with Crippen LogP contribution in [-0.4, -0.2) is 37.2 Å². The number of rotatable bonds is 55. The van der Waals surface area contributed by atoms with Crippen molar-refractivity contribution in [2.24, 2.45) is 0 Å². The van der Waals surface area contributed by atoms with Gasteiger partial charge in [0.05, 0.1) is 0 Å². The molecule has 0 rings (SSSR count). The molecule has 0 aromatic carbocycles. The van der Waals surface area contributed by atoms with Crippen molar-refractivity contribution in [1.82, 2.24) is 0 Å². The van der Waals surface area contributed by atoms with Crippen LogP contribution in [0.15, 0.2) is 109 Å². The smallest absolute Gasteiger partial charge is 0.306 e. The summed E-state index contributed by atoms with van der Waals surface area (Å²) in [4.78, 5) is 38.3. The third-order valence-corrected chi connectivity index (χ3v) is 13.0. The van der Waals surface area contributed by atoms with Gasteiger partial charge in [0.15, 0.2) is 6.10 Å². The van der Waals surface area contributed by atoms with Crippen LogP contribution in [0.3, 0.4) is 0 Å². The summed E-state index contributed by atoms with van der Waals surface area (Å²) in [6, 6.07) is 0. The van der Waals surface area contributed by atoms with Gasteiger partial charge in [-0.2, -0.15) is 0 Å². The minimum atomic E-state index is -0.801. The molecule has 0 radical (unpaired) electrons. The summed E-state index contributed by atoms with van der Waals surface area (Å²) >= 11 is 0. The first kappa shape index (κ1) is 70.1. The van der Waals surface area contributed by atoms with E-state index >= 15 is 0 Å². The molecule has 0 aliphatic carbocycles. The molecule has 0 saturated carbocycles. The molecule has 0 aliphatic heterocycles. The van der Waals surface area contributed by atoms with Crippen molar-refractivity contribution in [2.45, 2.75) is 290 Å². The van der Waals surface area contributed by atoms with Crippen molar-refractivity contribution < 1.29 is 28.6 Å². The normalized spacial score (nSPS) is 12.9. The molecule has 1 unspecified atom stereocenters. The molecule has 1 atom stereocenters. The van der Waals surface area contributed by atoms with Crippen molar-refractivity contribution in [2.75, 3.05) is 13.2 Å². The fourth-order valence-electron chi connectivity index (χ4n) is 8.35. The Hall–Kier alpha value is -3.93. The first-order valence-corrected chi connectivity index (χ1v) is 30.9. The van der Waals surface area contributed by atoms with Crippen LogP contribution in [-0.2, 0) is 28.6 Å². The predicted octanol–water partition coefficient (Wildman–Crippen LogP) is 21.0. The van der Waals surface area contributed by atoms with Gasteiger partial charge in [-0.3, -0.25) is 14.4 Å². The van der Waals surface area contributed by atoms with Crippen molar-refractivity contribution >= 4 is 17.9 Å². The molecule has 6 heteroatoms.